The molecule has 2 atom stereocenters. The molecule has 0 aromatic heterocycles. The van der Waals surface area contributed by atoms with E-state index in [1.54, 1.807) is 0 Å². The number of piperidine rings is 1. The minimum absolute atomic E-state index is 0.0476. The van der Waals surface area contributed by atoms with Gasteiger partial charge in [0.1, 0.15) is 0 Å². The topological polar surface area (TPSA) is 57.6 Å². The second-order valence-electron chi connectivity index (χ2n) is 7.82. The predicted octanol–water partition coefficient (Wildman–Crippen LogP) is 3.45. The van der Waals surface area contributed by atoms with Crippen molar-refractivity contribution < 1.29 is 14.7 Å². The van der Waals surface area contributed by atoms with Gasteiger partial charge in [0.25, 0.3) is 0 Å². The third-order valence-electron chi connectivity index (χ3n) is 6.26. The average molecular weight is 307 g/mol. The molecule has 2 aliphatic carbocycles. The van der Waals surface area contributed by atoms with Crippen LogP contribution in [0.5, 0.6) is 0 Å². The zero-order valence-electron chi connectivity index (χ0n) is 13.6. The van der Waals surface area contributed by atoms with Crippen molar-refractivity contribution in [1.29, 1.82) is 0 Å². The van der Waals surface area contributed by atoms with Crippen LogP contribution in [0.15, 0.2) is 0 Å². The van der Waals surface area contributed by atoms with Crippen molar-refractivity contribution in [2.24, 2.45) is 17.3 Å². The summed E-state index contributed by atoms with van der Waals surface area (Å²) in [7, 11) is 0. The highest BCUT2D eigenvalue weighted by atomic mass is 16.4. The van der Waals surface area contributed by atoms with Crippen molar-refractivity contribution in [2.45, 2.75) is 70.6 Å². The number of nitrogens with zero attached hydrogens (tertiary/aromatic N) is 1. The molecule has 0 radical (unpaired) electrons. The largest absolute Gasteiger partial charge is 0.481 e. The van der Waals surface area contributed by atoms with E-state index in [1.165, 1.54) is 38.5 Å². The van der Waals surface area contributed by atoms with Crippen LogP contribution in [0, 0.1) is 17.3 Å². The Balaban J connectivity index is 1.62. The van der Waals surface area contributed by atoms with Gasteiger partial charge in [-0.1, -0.05) is 25.7 Å². The Bertz CT molecular complexity index is 423. The van der Waals surface area contributed by atoms with Gasteiger partial charge in [-0.15, -0.1) is 0 Å². The molecular weight excluding hydrogens is 278 g/mol. The van der Waals surface area contributed by atoms with E-state index >= 15 is 0 Å². The van der Waals surface area contributed by atoms with E-state index in [-0.39, 0.29) is 17.7 Å². The van der Waals surface area contributed by atoms with Crippen LogP contribution in [-0.2, 0) is 9.59 Å². The number of likely N-dealkylation sites (tertiary alicyclic amines) is 1. The van der Waals surface area contributed by atoms with Gasteiger partial charge < -0.3 is 10.0 Å². The van der Waals surface area contributed by atoms with Gasteiger partial charge in [-0.3, -0.25) is 9.59 Å². The molecule has 1 aliphatic heterocycles. The highest BCUT2D eigenvalue weighted by Gasteiger charge is 2.40. The second-order valence-corrected chi connectivity index (χ2v) is 7.82. The van der Waals surface area contributed by atoms with Crippen LogP contribution in [0.3, 0.4) is 0 Å². The van der Waals surface area contributed by atoms with E-state index < -0.39 is 5.97 Å². The Morgan fingerprint density at radius 1 is 0.909 bits per heavy atom. The fourth-order valence-electron chi connectivity index (χ4n) is 5.00. The molecule has 1 heterocycles. The summed E-state index contributed by atoms with van der Waals surface area (Å²) in [6.45, 7) is 1.81. The fourth-order valence-corrected chi connectivity index (χ4v) is 5.00. The molecule has 1 spiro atoms. The summed E-state index contributed by atoms with van der Waals surface area (Å²) < 4.78 is 0. The van der Waals surface area contributed by atoms with Gasteiger partial charge in [0, 0.05) is 19.0 Å². The molecule has 3 rings (SSSR count). The van der Waals surface area contributed by atoms with Crippen LogP contribution >= 0.6 is 0 Å². The maximum absolute atomic E-state index is 12.9. The fraction of sp³-hybridized carbons (Fsp3) is 0.889. The number of carbonyl (C=O) groups excluding carboxylic acids is 1. The van der Waals surface area contributed by atoms with Crippen molar-refractivity contribution in [3.8, 4) is 0 Å². The van der Waals surface area contributed by atoms with Gasteiger partial charge in [0.2, 0.25) is 5.91 Å². The number of carbonyl (C=O) groups is 2. The van der Waals surface area contributed by atoms with Gasteiger partial charge in [-0.05, 0) is 50.4 Å². The summed E-state index contributed by atoms with van der Waals surface area (Å²) in [6, 6.07) is 0. The van der Waals surface area contributed by atoms with Gasteiger partial charge in [0.15, 0.2) is 0 Å². The van der Waals surface area contributed by atoms with Gasteiger partial charge in [-0.2, -0.15) is 0 Å². The highest BCUT2D eigenvalue weighted by Crippen LogP contribution is 2.44. The minimum atomic E-state index is -0.722. The maximum Gasteiger partial charge on any atom is 0.306 e. The lowest BCUT2D eigenvalue weighted by Gasteiger charge is -2.46. The van der Waals surface area contributed by atoms with Crippen LogP contribution in [0.1, 0.15) is 70.6 Å². The molecule has 2 saturated carbocycles. The minimum Gasteiger partial charge on any atom is -0.481 e. The molecule has 3 aliphatic rings. The molecule has 4 heteroatoms. The van der Waals surface area contributed by atoms with Crippen LogP contribution in [0.25, 0.3) is 0 Å². The summed E-state index contributed by atoms with van der Waals surface area (Å²) >= 11 is 0. The molecule has 2 unspecified atom stereocenters. The molecular formula is C18H29NO3. The first-order chi connectivity index (χ1) is 10.6. The number of aliphatic carboxylic acids is 1. The lowest BCUT2D eigenvalue weighted by atomic mass is 9.69. The summed E-state index contributed by atoms with van der Waals surface area (Å²) in [5.41, 5.74) is 0.382. The van der Waals surface area contributed by atoms with Crippen LogP contribution in [-0.4, -0.2) is 35.0 Å². The Labute approximate surface area is 133 Å². The lowest BCUT2D eigenvalue weighted by molar-refractivity contribution is -0.147. The summed E-state index contributed by atoms with van der Waals surface area (Å²) in [6.07, 6.45) is 12.0. The van der Waals surface area contributed by atoms with E-state index in [0.29, 0.717) is 11.8 Å². The second kappa shape index (κ2) is 6.59. The summed E-state index contributed by atoms with van der Waals surface area (Å²) in [5.74, 6) is -0.833. The highest BCUT2D eigenvalue weighted by molar-refractivity contribution is 5.80. The van der Waals surface area contributed by atoms with Crippen LogP contribution in [0.4, 0.5) is 0 Å². The summed E-state index contributed by atoms with van der Waals surface area (Å²) in [4.78, 5) is 26.2. The Kier molecular flexibility index (Phi) is 4.74. The van der Waals surface area contributed by atoms with E-state index in [4.69, 9.17) is 0 Å². The first-order valence-electron chi connectivity index (χ1n) is 9.11. The number of hydrogen-bond donors (Lipinski definition) is 1. The molecule has 124 valence electrons. The SMILES string of the molecule is O=C(O)C1CCCC(C(=O)N2CCCC3(CCCCC3)C2)C1. The molecule has 0 aromatic rings. The normalized spacial score (nSPS) is 31.9. The maximum atomic E-state index is 12.9. The molecule has 1 N–H and O–H groups in total. The first-order valence-corrected chi connectivity index (χ1v) is 9.11. The van der Waals surface area contributed by atoms with Crippen molar-refractivity contribution >= 4 is 11.9 Å². The van der Waals surface area contributed by atoms with Crippen LogP contribution < -0.4 is 0 Å². The number of carboxylic acids is 1. The van der Waals surface area contributed by atoms with Gasteiger partial charge in [-0.25, -0.2) is 0 Å². The van der Waals surface area contributed by atoms with E-state index in [9.17, 15) is 14.7 Å². The number of amides is 1. The quantitative estimate of drug-likeness (QED) is 0.850. The molecule has 0 bridgehead atoms. The zero-order chi connectivity index (χ0) is 15.6. The smallest absolute Gasteiger partial charge is 0.306 e. The molecule has 4 nitrogen and oxygen atoms in total. The monoisotopic (exact) mass is 307 g/mol. The number of rotatable bonds is 2. The first kappa shape index (κ1) is 15.8. The average Bonchev–Trinajstić information content (AvgIpc) is 2.55. The van der Waals surface area contributed by atoms with E-state index in [0.717, 1.165) is 38.8 Å². The van der Waals surface area contributed by atoms with Gasteiger partial charge in [0.05, 0.1) is 5.92 Å². The van der Waals surface area contributed by atoms with E-state index in [1.807, 2.05) is 0 Å². The standard InChI is InChI=1S/C18H29NO3/c20-16(14-6-4-7-15(12-14)17(21)22)19-11-5-10-18(13-19)8-2-1-3-9-18/h14-15H,1-13H2,(H,21,22). The molecule has 1 saturated heterocycles. The van der Waals surface area contributed by atoms with Crippen molar-refractivity contribution in [3.05, 3.63) is 0 Å². The molecule has 22 heavy (non-hydrogen) atoms. The molecule has 0 aromatic carbocycles. The van der Waals surface area contributed by atoms with Crippen molar-refractivity contribution in [3.63, 3.8) is 0 Å². The Hall–Kier alpha value is -1.06. The summed E-state index contributed by atoms with van der Waals surface area (Å²) in [5, 5.41) is 9.22. The third kappa shape index (κ3) is 3.31. The number of hydrogen-bond acceptors (Lipinski definition) is 2. The van der Waals surface area contributed by atoms with E-state index in [2.05, 4.69) is 4.90 Å². The van der Waals surface area contributed by atoms with Crippen LogP contribution in [0.2, 0.25) is 0 Å². The zero-order valence-corrected chi connectivity index (χ0v) is 13.6. The molecule has 3 fully saturated rings. The number of carboxylic acid groups (broad SMARTS) is 1. The third-order valence-corrected chi connectivity index (χ3v) is 6.26. The van der Waals surface area contributed by atoms with Crippen molar-refractivity contribution in [2.75, 3.05) is 13.1 Å². The Morgan fingerprint density at radius 2 is 1.59 bits per heavy atom. The van der Waals surface area contributed by atoms with Crippen molar-refractivity contribution in [1.82, 2.24) is 4.90 Å². The lowest BCUT2D eigenvalue weighted by Crippen LogP contribution is -2.49. The Morgan fingerprint density at radius 3 is 2.32 bits per heavy atom. The molecule has 1 amide bonds. The van der Waals surface area contributed by atoms with Gasteiger partial charge >= 0.3 is 5.97 Å². The predicted molar refractivity (Wildman–Crippen MR) is 84.4 cm³/mol.